The molecule has 1 aliphatic rings. The maximum atomic E-state index is 12.5. The molecule has 0 bridgehead atoms. The molecule has 0 spiro atoms. The number of aromatic nitrogens is 2. The highest BCUT2D eigenvalue weighted by molar-refractivity contribution is 5.86. The minimum Gasteiger partial charge on any atom is -0.475 e. The third kappa shape index (κ3) is 5.96. The molecule has 0 radical (unpaired) electrons. The number of hydrogen-bond donors (Lipinski definition) is 1. The van der Waals surface area contributed by atoms with Crippen molar-refractivity contribution in [3.63, 3.8) is 0 Å². The normalized spacial score (nSPS) is 22.1. The van der Waals surface area contributed by atoms with E-state index in [0.717, 1.165) is 0 Å². The van der Waals surface area contributed by atoms with Crippen LogP contribution in [0, 0.1) is 11.8 Å². The fourth-order valence-corrected chi connectivity index (χ4v) is 2.61. The number of alkyl halides is 3. The molecule has 8 nitrogen and oxygen atoms in total. The van der Waals surface area contributed by atoms with Gasteiger partial charge >= 0.3 is 24.1 Å². The van der Waals surface area contributed by atoms with E-state index in [1.165, 1.54) is 0 Å². The SMILES string of the molecule is CC[C@@H]1C(=O)OC(c2cncn2C)C1C(=O)OC(C)(C)C.O=C(O)C(F)(F)F. The zero-order valence-corrected chi connectivity index (χ0v) is 16.1. The number of carbonyl (C=O) groups is 3. The molecule has 1 fully saturated rings. The summed E-state index contributed by atoms with van der Waals surface area (Å²) >= 11 is 0. The van der Waals surface area contributed by atoms with Crippen molar-refractivity contribution in [3.05, 3.63) is 18.2 Å². The summed E-state index contributed by atoms with van der Waals surface area (Å²) in [6, 6.07) is 0. The van der Waals surface area contributed by atoms with Crippen molar-refractivity contribution in [2.75, 3.05) is 0 Å². The van der Waals surface area contributed by atoms with Gasteiger partial charge in [0.2, 0.25) is 0 Å². The van der Waals surface area contributed by atoms with E-state index in [0.29, 0.717) is 12.1 Å². The summed E-state index contributed by atoms with van der Waals surface area (Å²) in [6.07, 6.45) is -1.94. The van der Waals surface area contributed by atoms with E-state index in [1.54, 1.807) is 17.1 Å². The molecular formula is C17H23F3N2O6. The summed E-state index contributed by atoms with van der Waals surface area (Å²) in [5.74, 6) is -4.60. The number of halogens is 3. The van der Waals surface area contributed by atoms with Crippen LogP contribution in [0.5, 0.6) is 0 Å². The second kappa shape index (κ2) is 8.61. The van der Waals surface area contributed by atoms with Gasteiger partial charge in [-0.2, -0.15) is 13.2 Å². The van der Waals surface area contributed by atoms with E-state index in [-0.39, 0.29) is 5.97 Å². The number of cyclic esters (lactones) is 1. The Morgan fingerprint density at radius 2 is 1.86 bits per heavy atom. The first-order valence-corrected chi connectivity index (χ1v) is 8.38. The highest BCUT2D eigenvalue weighted by Crippen LogP contribution is 2.41. The summed E-state index contributed by atoms with van der Waals surface area (Å²) in [4.78, 5) is 37.5. The first-order chi connectivity index (χ1) is 12.7. The van der Waals surface area contributed by atoms with E-state index in [4.69, 9.17) is 19.4 Å². The zero-order chi connectivity index (χ0) is 21.9. The lowest BCUT2D eigenvalue weighted by Gasteiger charge is -2.25. The van der Waals surface area contributed by atoms with Crippen LogP contribution in [-0.4, -0.2) is 44.3 Å². The quantitative estimate of drug-likeness (QED) is 0.766. The Bertz CT molecular complexity index is 723. The van der Waals surface area contributed by atoms with E-state index in [9.17, 15) is 22.8 Å². The summed E-state index contributed by atoms with van der Waals surface area (Å²) in [5.41, 5.74) is 0.105. The molecule has 1 aromatic heterocycles. The topological polar surface area (TPSA) is 108 Å². The maximum Gasteiger partial charge on any atom is 0.490 e. The number of esters is 2. The molecule has 158 valence electrons. The van der Waals surface area contributed by atoms with Crippen LogP contribution in [0.2, 0.25) is 0 Å². The number of hydrogen-bond acceptors (Lipinski definition) is 6. The summed E-state index contributed by atoms with van der Waals surface area (Å²) in [5, 5.41) is 7.12. The third-order valence-electron chi connectivity index (χ3n) is 3.81. The molecule has 2 heterocycles. The Labute approximate surface area is 159 Å². The van der Waals surface area contributed by atoms with Gasteiger partial charge in [-0.15, -0.1) is 0 Å². The van der Waals surface area contributed by atoms with Crippen molar-refractivity contribution in [1.29, 1.82) is 0 Å². The average molecular weight is 408 g/mol. The van der Waals surface area contributed by atoms with Gasteiger partial charge in [0.15, 0.2) is 6.10 Å². The molecule has 28 heavy (non-hydrogen) atoms. The molecule has 2 unspecified atom stereocenters. The number of carboxylic acids is 1. The average Bonchev–Trinajstić information content (AvgIpc) is 3.07. The van der Waals surface area contributed by atoms with Gasteiger partial charge in [0.25, 0.3) is 0 Å². The third-order valence-corrected chi connectivity index (χ3v) is 3.81. The fourth-order valence-electron chi connectivity index (χ4n) is 2.61. The smallest absolute Gasteiger partial charge is 0.475 e. The molecule has 0 aromatic carbocycles. The molecule has 1 saturated heterocycles. The van der Waals surface area contributed by atoms with Gasteiger partial charge in [-0.3, -0.25) is 9.59 Å². The molecule has 0 aliphatic carbocycles. The Kier molecular flexibility index (Phi) is 7.21. The lowest BCUT2D eigenvalue weighted by atomic mass is 9.87. The van der Waals surface area contributed by atoms with Crippen molar-refractivity contribution >= 4 is 17.9 Å². The molecule has 0 saturated carbocycles. The van der Waals surface area contributed by atoms with Crippen molar-refractivity contribution in [2.45, 2.75) is 52.0 Å². The molecule has 2 rings (SSSR count). The van der Waals surface area contributed by atoms with E-state index in [2.05, 4.69) is 4.98 Å². The zero-order valence-electron chi connectivity index (χ0n) is 16.1. The van der Waals surface area contributed by atoms with E-state index < -0.39 is 41.7 Å². The summed E-state index contributed by atoms with van der Waals surface area (Å²) < 4.78 is 44.4. The van der Waals surface area contributed by atoms with Gasteiger partial charge in [-0.05, 0) is 27.2 Å². The van der Waals surface area contributed by atoms with Crippen molar-refractivity contribution in [2.24, 2.45) is 18.9 Å². The van der Waals surface area contributed by atoms with Crippen LogP contribution in [0.15, 0.2) is 12.5 Å². The number of ether oxygens (including phenoxy) is 2. The maximum absolute atomic E-state index is 12.5. The van der Waals surface area contributed by atoms with Crippen LogP contribution in [0.4, 0.5) is 13.2 Å². The number of aliphatic carboxylic acids is 1. The van der Waals surface area contributed by atoms with Gasteiger partial charge in [0, 0.05) is 7.05 Å². The monoisotopic (exact) mass is 408 g/mol. The van der Waals surface area contributed by atoms with Crippen LogP contribution in [0.25, 0.3) is 0 Å². The minimum atomic E-state index is -5.08. The highest BCUT2D eigenvalue weighted by atomic mass is 19.4. The predicted molar refractivity (Wildman–Crippen MR) is 88.8 cm³/mol. The number of aryl methyl sites for hydroxylation is 1. The fraction of sp³-hybridized carbons (Fsp3) is 0.647. The standard InChI is InChI=1S/C15H22N2O4.C2HF3O2/c1-6-9-11(14(19)21-15(2,3)4)12(20-13(9)18)10-7-16-8-17(10)5;3-2(4,5)1(6)7/h7-9,11-12H,6H2,1-5H3;(H,6,7)/t9-,11?,12?;/m0./s1. The van der Waals surface area contributed by atoms with Crippen LogP contribution in [0.1, 0.15) is 45.9 Å². The van der Waals surface area contributed by atoms with Gasteiger partial charge in [0.1, 0.15) is 11.5 Å². The van der Waals surface area contributed by atoms with Crippen molar-refractivity contribution in [3.8, 4) is 0 Å². The van der Waals surface area contributed by atoms with Crippen LogP contribution in [0.3, 0.4) is 0 Å². The molecular weight excluding hydrogens is 385 g/mol. The number of carbonyl (C=O) groups excluding carboxylic acids is 2. The summed E-state index contributed by atoms with van der Waals surface area (Å²) in [6.45, 7) is 7.29. The first kappa shape index (κ1) is 23.4. The largest absolute Gasteiger partial charge is 0.490 e. The van der Waals surface area contributed by atoms with Gasteiger partial charge in [-0.1, -0.05) is 6.92 Å². The van der Waals surface area contributed by atoms with Crippen LogP contribution in [-0.2, 0) is 30.9 Å². The van der Waals surface area contributed by atoms with Gasteiger partial charge in [0.05, 0.1) is 24.1 Å². The lowest BCUT2D eigenvalue weighted by molar-refractivity contribution is -0.192. The number of imidazole rings is 1. The molecule has 11 heteroatoms. The Balaban J connectivity index is 0.000000480. The molecule has 1 N–H and O–H groups in total. The Morgan fingerprint density at radius 3 is 2.21 bits per heavy atom. The van der Waals surface area contributed by atoms with Gasteiger partial charge in [-0.25, -0.2) is 9.78 Å². The second-order valence-corrected chi connectivity index (χ2v) is 7.16. The lowest BCUT2D eigenvalue weighted by Crippen LogP contribution is -2.33. The molecule has 3 atom stereocenters. The Hall–Kier alpha value is -2.59. The Morgan fingerprint density at radius 1 is 1.32 bits per heavy atom. The second-order valence-electron chi connectivity index (χ2n) is 7.16. The van der Waals surface area contributed by atoms with Crippen molar-refractivity contribution in [1.82, 2.24) is 9.55 Å². The van der Waals surface area contributed by atoms with Crippen molar-refractivity contribution < 1.29 is 42.1 Å². The number of rotatable bonds is 3. The summed E-state index contributed by atoms with van der Waals surface area (Å²) in [7, 11) is 1.81. The van der Waals surface area contributed by atoms with E-state index >= 15 is 0 Å². The predicted octanol–water partition coefficient (Wildman–Crippen LogP) is 2.64. The highest BCUT2D eigenvalue weighted by Gasteiger charge is 2.51. The minimum absolute atomic E-state index is 0.348. The first-order valence-electron chi connectivity index (χ1n) is 8.38. The van der Waals surface area contributed by atoms with Crippen LogP contribution >= 0.6 is 0 Å². The number of nitrogens with zero attached hydrogens (tertiary/aromatic N) is 2. The van der Waals surface area contributed by atoms with E-state index in [1.807, 2.05) is 34.7 Å². The molecule has 1 aliphatic heterocycles. The molecule has 1 aromatic rings. The molecule has 0 amide bonds. The van der Waals surface area contributed by atoms with Gasteiger partial charge < -0.3 is 19.1 Å². The number of carboxylic acid groups (broad SMARTS) is 1. The van der Waals surface area contributed by atoms with Crippen LogP contribution < -0.4 is 0 Å².